The average molecular weight is 415 g/mol. The lowest BCUT2D eigenvalue weighted by atomic mass is 10.1. The van der Waals surface area contributed by atoms with E-state index in [0.29, 0.717) is 19.8 Å². The molecule has 0 fully saturated rings. The van der Waals surface area contributed by atoms with Crippen LogP contribution >= 0.6 is 0 Å². The van der Waals surface area contributed by atoms with Gasteiger partial charge in [0.25, 0.3) is 0 Å². The first-order valence-corrected chi connectivity index (χ1v) is 10.2. The summed E-state index contributed by atoms with van der Waals surface area (Å²) < 4.78 is 16.5. The third-order valence-corrected chi connectivity index (χ3v) is 4.84. The number of ether oxygens (including phenoxy) is 3. The molecule has 6 nitrogen and oxygen atoms in total. The fourth-order valence-electron chi connectivity index (χ4n) is 3.10. The van der Waals surface area contributed by atoms with Crippen LogP contribution in [0, 0.1) is 0 Å². The van der Waals surface area contributed by atoms with Crippen LogP contribution in [-0.2, 0) is 18.0 Å². The number of H-pyrrole nitrogens is 1. The Balaban J connectivity index is 1.37. The number of methoxy groups -OCH3 is 1. The highest BCUT2D eigenvalue weighted by Gasteiger charge is 2.06. The van der Waals surface area contributed by atoms with Crippen LogP contribution < -0.4 is 9.47 Å². The minimum atomic E-state index is 0.505. The van der Waals surface area contributed by atoms with Crippen molar-refractivity contribution in [1.82, 2.24) is 15.0 Å². The van der Waals surface area contributed by atoms with E-state index >= 15 is 0 Å². The quantitative estimate of drug-likeness (QED) is 0.404. The van der Waals surface area contributed by atoms with Crippen molar-refractivity contribution >= 4 is 0 Å². The third-order valence-electron chi connectivity index (χ3n) is 4.84. The fraction of sp³-hybridized carbons (Fsp3) is 0.200. The van der Waals surface area contributed by atoms with Crippen molar-refractivity contribution in [2.75, 3.05) is 13.7 Å². The van der Waals surface area contributed by atoms with Gasteiger partial charge in [0, 0.05) is 30.1 Å². The molecule has 0 spiro atoms. The number of hydrogen-bond acceptors (Lipinski definition) is 5. The van der Waals surface area contributed by atoms with Crippen LogP contribution in [0.2, 0.25) is 0 Å². The van der Waals surface area contributed by atoms with E-state index in [4.69, 9.17) is 14.2 Å². The van der Waals surface area contributed by atoms with Gasteiger partial charge in [-0.1, -0.05) is 12.1 Å². The Bertz CT molecular complexity index is 1090. The molecule has 158 valence electrons. The molecule has 1 N–H and O–H groups in total. The lowest BCUT2D eigenvalue weighted by molar-refractivity contribution is 0.131. The van der Waals surface area contributed by atoms with Gasteiger partial charge in [-0.3, -0.25) is 4.98 Å². The highest BCUT2D eigenvalue weighted by atomic mass is 16.5. The summed E-state index contributed by atoms with van der Waals surface area (Å²) in [7, 11) is 1.66. The van der Waals surface area contributed by atoms with Gasteiger partial charge in [-0.15, -0.1) is 0 Å². The molecule has 2 heterocycles. The lowest BCUT2D eigenvalue weighted by Gasteiger charge is -2.08. The van der Waals surface area contributed by atoms with Gasteiger partial charge in [0.1, 0.15) is 23.9 Å². The summed E-state index contributed by atoms with van der Waals surface area (Å²) in [6.45, 7) is 3.65. The van der Waals surface area contributed by atoms with E-state index in [-0.39, 0.29) is 0 Å². The van der Waals surface area contributed by atoms with Gasteiger partial charge in [-0.05, 0) is 61.0 Å². The zero-order valence-corrected chi connectivity index (χ0v) is 17.7. The molecule has 0 amide bonds. The first-order chi connectivity index (χ1) is 15.2. The smallest absolute Gasteiger partial charge is 0.139 e. The van der Waals surface area contributed by atoms with E-state index in [1.165, 1.54) is 0 Å². The number of hydrogen-bond donors (Lipinski definition) is 1. The summed E-state index contributed by atoms with van der Waals surface area (Å²) in [5, 5.41) is 0. The fourth-order valence-corrected chi connectivity index (χ4v) is 3.10. The van der Waals surface area contributed by atoms with Crippen LogP contribution in [0.3, 0.4) is 0 Å². The second-order valence-corrected chi connectivity index (χ2v) is 6.97. The molecule has 0 atom stereocenters. The van der Waals surface area contributed by atoms with Gasteiger partial charge in [-0.2, -0.15) is 0 Å². The van der Waals surface area contributed by atoms with Crippen LogP contribution in [0.25, 0.3) is 22.6 Å². The maximum Gasteiger partial charge on any atom is 0.139 e. The van der Waals surface area contributed by atoms with Crippen LogP contribution in [0.5, 0.6) is 11.5 Å². The number of nitrogens with one attached hydrogen (secondary N) is 1. The minimum Gasteiger partial charge on any atom is -0.497 e. The van der Waals surface area contributed by atoms with E-state index in [0.717, 1.165) is 45.4 Å². The van der Waals surface area contributed by atoms with Crippen LogP contribution in [0.4, 0.5) is 0 Å². The van der Waals surface area contributed by atoms with Gasteiger partial charge < -0.3 is 19.2 Å². The Morgan fingerprint density at radius 1 is 0.839 bits per heavy atom. The topological polar surface area (TPSA) is 69.3 Å². The number of aromatic nitrogens is 3. The standard InChI is InChI=1S/C25H25N3O3/c1-3-30-17-21-15-27-25(28-21)20-8-13-24(26-14-20)19-6-11-23(12-7-19)31-16-18-4-9-22(29-2)10-5-18/h4-15H,3,16-17H2,1-2H3,(H,27,28). The monoisotopic (exact) mass is 415 g/mol. The van der Waals surface area contributed by atoms with E-state index in [1.807, 2.05) is 80.0 Å². The Morgan fingerprint density at radius 2 is 1.58 bits per heavy atom. The van der Waals surface area contributed by atoms with Crippen molar-refractivity contribution in [2.45, 2.75) is 20.1 Å². The first kappa shape index (κ1) is 20.6. The highest BCUT2D eigenvalue weighted by molar-refractivity contribution is 5.63. The SMILES string of the molecule is CCOCc1c[nH]c(-c2ccc(-c3ccc(OCc4ccc(OC)cc4)cc3)nc2)n1. The van der Waals surface area contributed by atoms with Crippen molar-refractivity contribution in [1.29, 1.82) is 0 Å². The second-order valence-electron chi connectivity index (χ2n) is 6.97. The summed E-state index contributed by atoms with van der Waals surface area (Å²) in [6, 6.07) is 19.8. The highest BCUT2D eigenvalue weighted by Crippen LogP contribution is 2.24. The van der Waals surface area contributed by atoms with Crippen molar-refractivity contribution in [3.63, 3.8) is 0 Å². The number of benzene rings is 2. The van der Waals surface area contributed by atoms with Crippen molar-refractivity contribution < 1.29 is 14.2 Å². The molecule has 0 bridgehead atoms. The van der Waals surface area contributed by atoms with E-state index in [2.05, 4.69) is 15.0 Å². The summed E-state index contributed by atoms with van der Waals surface area (Å²) in [5.41, 5.74) is 4.83. The normalized spacial score (nSPS) is 10.8. The second kappa shape index (κ2) is 9.91. The molecular formula is C25H25N3O3. The summed E-state index contributed by atoms with van der Waals surface area (Å²) in [5.74, 6) is 2.44. The van der Waals surface area contributed by atoms with E-state index in [9.17, 15) is 0 Å². The Hall–Kier alpha value is -3.64. The maximum atomic E-state index is 5.88. The van der Waals surface area contributed by atoms with Crippen LogP contribution in [-0.4, -0.2) is 28.7 Å². The molecule has 4 rings (SSSR count). The first-order valence-electron chi connectivity index (χ1n) is 10.2. The molecule has 0 saturated heterocycles. The molecule has 2 aromatic heterocycles. The van der Waals surface area contributed by atoms with Crippen molar-refractivity contribution in [2.24, 2.45) is 0 Å². The van der Waals surface area contributed by atoms with Crippen LogP contribution in [0.1, 0.15) is 18.2 Å². The third kappa shape index (κ3) is 5.29. The predicted molar refractivity (Wildman–Crippen MR) is 120 cm³/mol. The molecule has 0 aliphatic carbocycles. The van der Waals surface area contributed by atoms with E-state index < -0.39 is 0 Å². The largest absolute Gasteiger partial charge is 0.497 e. The number of rotatable bonds is 9. The van der Waals surface area contributed by atoms with Gasteiger partial charge in [0.05, 0.1) is 25.1 Å². The molecule has 0 aliphatic rings. The van der Waals surface area contributed by atoms with Gasteiger partial charge in [0.2, 0.25) is 0 Å². The zero-order valence-electron chi connectivity index (χ0n) is 17.7. The van der Waals surface area contributed by atoms with Crippen LogP contribution in [0.15, 0.2) is 73.1 Å². The maximum absolute atomic E-state index is 5.88. The molecular weight excluding hydrogens is 390 g/mol. The van der Waals surface area contributed by atoms with Gasteiger partial charge in [-0.25, -0.2) is 4.98 Å². The van der Waals surface area contributed by atoms with Crippen molar-refractivity contribution in [3.05, 3.63) is 84.3 Å². The summed E-state index contributed by atoms with van der Waals surface area (Å²) in [4.78, 5) is 12.3. The van der Waals surface area contributed by atoms with Gasteiger partial charge >= 0.3 is 0 Å². The molecule has 0 unspecified atom stereocenters. The molecule has 0 radical (unpaired) electrons. The molecule has 2 aromatic carbocycles. The number of pyridine rings is 1. The van der Waals surface area contributed by atoms with Crippen molar-refractivity contribution in [3.8, 4) is 34.1 Å². The summed E-state index contributed by atoms with van der Waals surface area (Å²) >= 11 is 0. The Morgan fingerprint density at radius 3 is 2.26 bits per heavy atom. The predicted octanol–water partition coefficient (Wildman–Crippen LogP) is 5.26. The molecule has 31 heavy (non-hydrogen) atoms. The number of imidazole rings is 1. The molecule has 0 aliphatic heterocycles. The van der Waals surface area contributed by atoms with E-state index in [1.54, 1.807) is 7.11 Å². The average Bonchev–Trinajstić information content (AvgIpc) is 3.31. The number of aromatic amines is 1. The zero-order chi connectivity index (χ0) is 21.5. The molecule has 4 aromatic rings. The van der Waals surface area contributed by atoms with Gasteiger partial charge in [0.15, 0.2) is 0 Å². The Labute approximate surface area is 181 Å². The lowest BCUT2D eigenvalue weighted by Crippen LogP contribution is -1.95. The summed E-state index contributed by atoms with van der Waals surface area (Å²) in [6.07, 6.45) is 3.69. The molecule has 6 heteroatoms. The number of nitrogens with zero attached hydrogens (tertiary/aromatic N) is 2. The Kier molecular flexibility index (Phi) is 6.59. The molecule has 0 saturated carbocycles. The minimum absolute atomic E-state index is 0.505.